The molecular formula is C33H31N9O2S. The molecule has 0 spiro atoms. The van der Waals surface area contributed by atoms with Crippen molar-refractivity contribution in [1.29, 1.82) is 0 Å². The topological polar surface area (TPSA) is 113 Å². The molecule has 2 N–H and O–H groups in total. The number of pyridine rings is 1. The van der Waals surface area contributed by atoms with E-state index >= 15 is 0 Å². The summed E-state index contributed by atoms with van der Waals surface area (Å²) in [5, 5.41) is 11.5. The zero-order valence-electron chi connectivity index (χ0n) is 24.9. The lowest BCUT2D eigenvalue weighted by Crippen LogP contribution is -2.44. The maximum atomic E-state index is 12.4. The minimum Gasteiger partial charge on any atom is -0.457 e. The number of nitrogens with one attached hydrogen (secondary N) is 2. The minimum atomic E-state index is -0.237. The van der Waals surface area contributed by atoms with Gasteiger partial charge in [-0.3, -0.25) is 4.79 Å². The van der Waals surface area contributed by atoms with Gasteiger partial charge in [0.15, 0.2) is 5.65 Å². The molecule has 1 fully saturated rings. The number of rotatable bonds is 8. The number of carbonyl (C=O) groups is 1. The highest BCUT2D eigenvalue weighted by molar-refractivity contribution is 7.21. The van der Waals surface area contributed by atoms with E-state index in [-0.39, 0.29) is 5.91 Å². The maximum Gasteiger partial charge on any atom is 0.247 e. The van der Waals surface area contributed by atoms with Crippen molar-refractivity contribution in [3.8, 4) is 21.9 Å². The number of thiophene rings is 1. The summed E-state index contributed by atoms with van der Waals surface area (Å²) in [5.41, 5.74) is 5.33. The van der Waals surface area contributed by atoms with Crippen LogP contribution in [0.5, 0.6) is 11.5 Å². The van der Waals surface area contributed by atoms with Crippen LogP contribution in [0, 0.1) is 6.92 Å². The van der Waals surface area contributed by atoms with Gasteiger partial charge in [-0.15, -0.1) is 11.3 Å². The van der Waals surface area contributed by atoms with Crippen LogP contribution in [0.25, 0.3) is 26.3 Å². The van der Waals surface area contributed by atoms with Crippen molar-refractivity contribution in [1.82, 2.24) is 29.5 Å². The lowest BCUT2D eigenvalue weighted by Gasteiger charge is -2.35. The van der Waals surface area contributed by atoms with E-state index in [9.17, 15) is 4.79 Å². The first-order valence-corrected chi connectivity index (χ1v) is 15.4. The predicted octanol–water partition coefficient (Wildman–Crippen LogP) is 6.12. The second kappa shape index (κ2) is 12.0. The lowest BCUT2D eigenvalue weighted by molar-refractivity contribution is -0.111. The third kappa shape index (κ3) is 5.93. The number of amides is 1. The molecule has 2 aromatic carbocycles. The summed E-state index contributed by atoms with van der Waals surface area (Å²) in [5.74, 6) is 1.90. The van der Waals surface area contributed by atoms with E-state index in [2.05, 4.69) is 72.3 Å². The van der Waals surface area contributed by atoms with Gasteiger partial charge < -0.3 is 25.2 Å². The zero-order chi connectivity index (χ0) is 30.9. The molecule has 0 bridgehead atoms. The molecule has 1 amide bonds. The molecule has 5 heterocycles. The summed E-state index contributed by atoms with van der Waals surface area (Å²) in [6.07, 6.45) is 6.20. The highest BCUT2D eigenvalue weighted by Gasteiger charge is 2.19. The van der Waals surface area contributed by atoms with Crippen molar-refractivity contribution >= 4 is 56.0 Å². The molecule has 0 atom stereocenters. The first-order chi connectivity index (χ1) is 21.9. The Morgan fingerprint density at radius 2 is 1.87 bits per heavy atom. The number of fused-ring (bicyclic) bond motifs is 2. The Kier molecular flexibility index (Phi) is 7.57. The highest BCUT2D eigenvalue weighted by atomic mass is 32.1. The Morgan fingerprint density at radius 1 is 1.00 bits per heavy atom. The Bertz CT molecular complexity index is 2050. The Balaban J connectivity index is 1.14. The largest absolute Gasteiger partial charge is 0.457 e. The van der Waals surface area contributed by atoms with Crippen LogP contribution in [0.2, 0.25) is 0 Å². The summed E-state index contributed by atoms with van der Waals surface area (Å²) in [6, 6.07) is 17.9. The quantitative estimate of drug-likeness (QED) is 0.195. The SMILES string of the molecule is C=CC(=O)Nc1cc(-c2cc3c(Nc4ccc(Oc5ccn6ncnc6c5)c(C)c4)ncnc3s2)ccc1N1CCN(C)CC1. The lowest BCUT2D eigenvalue weighted by atomic mass is 10.1. The van der Waals surface area contributed by atoms with Crippen LogP contribution in [-0.2, 0) is 4.79 Å². The molecule has 11 nitrogen and oxygen atoms in total. The third-order valence-electron chi connectivity index (χ3n) is 7.82. The number of carbonyl (C=O) groups excluding carboxylic acids is 1. The molecule has 1 saturated heterocycles. The van der Waals surface area contributed by atoms with Crippen molar-refractivity contribution < 1.29 is 9.53 Å². The molecule has 0 radical (unpaired) electrons. The van der Waals surface area contributed by atoms with E-state index in [0.29, 0.717) is 11.6 Å². The van der Waals surface area contributed by atoms with Crippen molar-refractivity contribution in [2.45, 2.75) is 6.92 Å². The summed E-state index contributed by atoms with van der Waals surface area (Å²) in [4.78, 5) is 32.2. The number of likely N-dealkylation sites (N-methyl/N-ethyl adjacent to an activating group) is 1. The smallest absolute Gasteiger partial charge is 0.247 e. The van der Waals surface area contributed by atoms with Crippen LogP contribution in [0.1, 0.15) is 5.56 Å². The Hall–Kier alpha value is -5.33. The third-order valence-corrected chi connectivity index (χ3v) is 8.91. The number of nitrogens with zero attached hydrogens (tertiary/aromatic N) is 7. The molecule has 0 saturated carbocycles. The number of piperazine rings is 1. The van der Waals surface area contributed by atoms with Gasteiger partial charge in [-0.1, -0.05) is 12.6 Å². The van der Waals surface area contributed by atoms with E-state index in [4.69, 9.17) is 4.74 Å². The van der Waals surface area contributed by atoms with Gasteiger partial charge in [0, 0.05) is 49.0 Å². The summed E-state index contributed by atoms with van der Waals surface area (Å²) in [6.45, 7) is 9.37. The fraction of sp³-hybridized carbons (Fsp3) is 0.182. The fourth-order valence-electron chi connectivity index (χ4n) is 5.36. The predicted molar refractivity (Wildman–Crippen MR) is 179 cm³/mol. The van der Waals surface area contributed by atoms with Crippen LogP contribution in [0.15, 0.2) is 86.1 Å². The molecule has 0 aliphatic carbocycles. The van der Waals surface area contributed by atoms with Gasteiger partial charge in [0.25, 0.3) is 0 Å². The van der Waals surface area contributed by atoms with E-state index in [1.54, 1.807) is 22.2 Å². The van der Waals surface area contributed by atoms with Crippen LogP contribution in [-0.4, -0.2) is 68.6 Å². The summed E-state index contributed by atoms with van der Waals surface area (Å²) < 4.78 is 7.83. The molecule has 12 heteroatoms. The van der Waals surface area contributed by atoms with Crippen molar-refractivity contribution in [2.24, 2.45) is 0 Å². The minimum absolute atomic E-state index is 0.237. The highest BCUT2D eigenvalue weighted by Crippen LogP contribution is 2.39. The monoisotopic (exact) mass is 617 g/mol. The average molecular weight is 618 g/mol. The van der Waals surface area contributed by atoms with Gasteiger partial charge in [-0.25, -0.2) is 19.5 Å². The normalized spacial score (nSPS) is 13.7. The van der Waals surface area contributed by atoms with Crippen LogP contribution >= 0.6 is 11.3 Å². The van der Waals surface area contributed by atoms with Crippen LogP contribution in [0.4, 0.5) is 22.9 Å². The average Bonchev–Trinajstić information content (AvgIpc) is 3.70. The standard InChI is InChI=1S/C33H31N9O2S/c1-4-31(43)39-26-16-22(5-7-27(26)41-13-11-40(3)12-14-41)29-18-25-32(35-19-36-33(25)45-29)38-23-6-8-28(21(2)15-23)44-24-9-10-42-30(17-24)34-20-37-42/h4-10,15-20H,1,11-14H2,2-3H3,(H,39,43)(H,35,36,38). The Morgan fingerprint density at radius 3 is 2.69 bits per heavy atom. The van der Waals surface area contributed by atoms with Crippen LogP contribution in [0.3, 0.4) is 0 Å². The molecule has 4 aromatic heterocycles. The van der Waals surface area contributed by atoms with Crippen molar-refractivity contribution in [3.63, 3.8) is 0 Å². The molecule has 7 rings (SSSR count). The van der Waals surface area contributed by atoms with Gasteiger partial charge in [0.1, 0.15) is 34.8 Å². The number of hydrogen-bond donors (Lipinski definition) is 2. The van der Waals surface area contributed by atoms with Gasteiger partial charge >= 0.3 is 0 Å². The first kappa shape index (κ1) is 28.4. The number of anilines is 4. The van der Waals surface area contributed by atoms with E-state index in [1.165, 1.54) is 12.4 Å². The number of hydrogen-bond acceptors (Lipinski definition) is 10. The van der Waals surface area contributed by atoms with Gasteiger partial charge in [0.05, 0.1) is 16.8 Å². The summed E-state index contributed by atoms with van der Waals surface area (Å²) in [7, 11) is 2.13. The van der Waals surface area contributed by atoms with Gasteiger partial charge in [-0.2, -0.15) is 5.10 Å². The zero-order valence-corrected chi connectivity index (χ0v) is 25.7. The second-order valence-electron chi connectivity index (χ2n) is 10.9. The Labute approximate surface area is 263 Å². The number of ether oxygens (including phenoxy) is 1. The molecule has 6 aromatic rings. The van der Waals surface area contributed by atoms with Gasteiger partial charge in [0.2, 0.25) is 5.91 Å². The van der Waals surface area contributed by atoms with E-state index < -0.39 is 0 Å². The fourth-order valence-corrected chi connectivity index (χ4v) is 6.35. The van der Waals surface area contributed by atoms with E-state index in [0.717, 1.165) is 80.9 Å². The molecule has 0 unspecified atom stereocenters. The summed E-state index contributed by atoms with van der Waals surface area (Å²) >= 11 is 1.58. The number of benzene rings is 2. The van der Waals surface area contributed by atoms with Crippen LogP contribution < -0.4 is 20.3 Å². The number of aromatic nitrogens is 5. The maximum absolute atomic E-state index is 12.4. The first-order valence-electron chi connectivity index (χ1n) is 14.5. The molecule has 226 valence electrons. The number of aryl methyl sites for hydroxylation is 1. The van der Waals surface area contributed by atoms with Crippen molar-refractivity contribution in [2.75, 3.05) is 48.8 Å². The second-order valence-corrected chi connectivity index (χ2v) is 11.9. The van der Waals surface area contributed by atoms with Gasteiger partial charge in [-0.05, 0) is 73.6 Å². The molecule has 45 heavy (non-hydrogen) atoms. The molecular weight excluding hydrogens is 586 g/mol. The van der Waals surface area contributed by atoms with E-state index in [1.807, 2.05) is 49.5 Å². The molecule has 1 aliphatic rings. The molecule has 1 aliphatic heterocycles. The van der Waals surface area contributed by atoms with Crippen molar-refractivity contribution in [3.05, 3.63) is 91.7 Å².